The van der Waals surface area contributed by atoms with E-state index in [1.165, 1.54) is 32.4 Å². The molecule has 1 fully saturated rings. The van der Waals surface area contributed by atoms with Gasteiger partial charge in [-0.05, 0) is 38.1 Å². The molecule has 2 heteroatoms. The summed E-state index contributed by atoms with van der Waals surface area (Å²) in [6.07, 6.45) is 7.72. The van der Waals surface area contributed by atoms with Gasteiger partial charge >= 0.3 is 0 Å². The van der Waals surface area contributed by atoms with Gasteiger partial charge in [-0.1, -0.05) is 48.9 Å². The van der Waals surface area contributed by atoms with Crippen LogP contribution in [0.4, 0.5) is 0 Å². The molecule has 0 unspecified atom stereocenters. The lowest BCUT2D eigenvalue weighted by Gasteiger charge is -2.08. The number of piperidine rings is 1. The van der Waals surface area contributed by atoms with Crippen molar-refractivity contribution >= 4 is 0 Å². The highest BCUT2D eigenvalue weighted by Gasteiger charge is 1.93. The highest BCUT2D eigenvalue weighted by atomic mass is 14.9. The van der Waals surface area contributed by atoms with Gasteiger partial charge in [0.2, 0.25) is 0 Å². The summed E-state index contributed by atoms with van der Waals surface area (Å²) in [5, 5.41) is 3.28. The Morgan fingerprint density at radius 3 is 1.17 bits per heavy atom. The van der Waals surface area contributed by atoms with Crippen LogP contribution in [0.5, 0.6) is 0 Å². The topological polar surface area (TPSA) is 24.9 Å². The minimum Gasteiger partial charge on any atom is -0.317 e. The summed E-state index contributed by atoms with van der Waals surface area (Å²) in [4.78, 5) is 3.78. The Hall–Kier alpha value is -1.67. The number of rotatable bonds is 0. The van der Waals surface area contributed by atoms with Gasteiger partial charge in [0.15, 0.2) is 0 Å². The van der Waals surface area contributed by atoms with Gasteiger partial charge in [-0.3, -0.25) is 4.98 Å². The second kappa shape index (κ2) is 11.8. The van der Waals surface area contributed by atoms with Crippen molar-refractivity contribution in [3.05, 3.63) is 67.0 Å². The van der Waals surface area contributed by atoms with Crippen molar-refractivity contribution in [2.45, 2.75) is 19.3 Å². The molecule has 2 aromatic rings. The zero-order chi connectivity index (χ0) is 12.7. The van der Waals surface area contributed by atoms with E-state index in [4.69, 9.17) is 0 Å². The summed E-state index contributed by atoms with van der Waals surface area (Å²) in [7, 11) is 0. The molecule has 1 saturated heterocycles. The SMILES string of the molecule is C1CCNCC1.c1ccccc1.c1ccncc1. The van der Waals surface area contributed by atoms with Gasteiger partial charge in [-0.2, -0.15) is 0 Å². The molecule has 0 radical (unpaired) electrons. The van der Waals surface area contributed by atoms with E-state index in [-0.39, 0.29) is 0 Å². The Kier molecular flexibility index (Phi) is 9.44. The van der Waals surface area contributed by atoms with E-state index in [1.807, 2.05) is 54.6 Å². The highest BCUT2D eigenvalue weighted by molar-refractivity contribution is 4.99. The highest BCUT2D eigenvalue weighted by Crippen LogP contribution is 1.96. The largest absolute Gasteiger partial charge is 0.317 e. The van der Waals surface area contributed by atoms with Crippen LogP contribution in [0.15, 0.2) is 67.0 Å². The average Bonchev–Trinajstić information content (AvgIpc) is 2.54. The van der Waals surface area contributed by atoms with E-state index in [9.17, 15) is 0 Å². The maximum atomic E-state index is 3.78. The Morgan fingerprint density at radius 1 is 0.556 bits per heavy atom. The molecule has 0 amide bonds. The second-order valence-electron chi connectivity index (χ2n) is 3.99. The van der Waals surface area contributed by atoms with Crippen molar-refractivity contribution in [3.63, 3.8) is 0 Å². The van der Waals surface area contributed by atoms with E-state index in [0.717, 1.165) is 0 Å². The maximum absolute atomic E-state index is 3.78. The molecule has 0 atom stereocenters. The van der Waals surface area contributed by atoms with Gasteiger partial charge < -0.3 is 5.32 Å². The molecule has 2 heterocycles. The first kappa shape index (κ1) is 14.4. The molecule has 1 N–H and O–H groups in total. The molecule has 2 nitrogen and oxygen atoms in total. The molecule has 0 bridgehead atoms. The van der Waals surface area contributed by atoms with Gasteiger partial charge in [0.25, 0.3) is 0 Å². The summed E-state index contributed by atoms with van der Waals surface area (Å²) >= 11 is 0. The first-order valence-electron chi connectivity index (χ1n) is 6.56. The third kappa shape index (κ3) is 9.55. The van der Waals surface area contributed by atoms with Gasteiger partial charge in [-0.25, -0.2) is 0 Å². The van der Waals surface area contributed by atoms with E-state index in [0.29, 0.717) is 0 Å². The van der Waals surface area contributed by atoms with E-state index >= 15 is 0 Å². The molecule has 1 aromatic carbocycles. The van der Waals surface area contributed by atoms with Crippen LogP contribution in [0.2, 0.25) is 0 Å². The monoisotopic (exact) mass is 242 g/mol. The molecule has 18 heavy (non-hydrogen) atoms. The summed E-state index contributed by atoms with van der Waals surface area (Å²) in [6.45, 7) is 2.50. The Balaban J connectivity index is 0.000000135. The van der Waals surface area contributed by atoms with Crippen LogP contribution in [0, 0.1) is 0 Å². The molecule has 0 saturated carbocycles. The van der Waals surface area contributed by atoms with Crippen LogP contribution >= 0.6 is 0 Å². The number of aromatic nitrogens is 1. The first-order valence-corrected chi connectivity index (χ1v) is 6.56. The first-order chi connectivity index (χ1) is 9.00. The van der Waals surface area contributed by atoms with Gasteiger partial charge in [0.1, 0.15) is 0 Å². The standard InChI is InChI=1S/C6H6.C5H11N.C5H5N/c3*1-2-4-6-5-3-1/h1-6H;6H,1-5H2;1-5H. The Labute approximate surface area is 110 Å². The normalized spacial score (nSPS) is 13.3. The summed E-state index contributed by atoms with van der Waals surface area (Å²) in [6, 6.07) is 17.7. The third-order valence-electron chi connectivity index (χ3n) is 2.44. The molecule has 1 aliphatic heterocycles. The number of hydrogen-bond acceptors (Lipinski definition) is 2. The van der Waals surface area contributed by atoms with Crippen molar-refractivity contribution in [3.8, 4) is 0 Å². The van der Waals surface area contributed by atoms with E-state index < -0.39 is 0 Å². The van der Waals surface area contributed by atoms with Crippen LogP contribution in [0.25, 0.3) is 0 Å². The lowest BCUT2D eigenvalue weighted by atomic mass is 10.2. The fourth-order valence-electron chi connectivity index (χ4n) is 1.50. The lowest BCUT2D eigenvalue weighted by molar-refractivity contribution is 0.520. The van der Waals surface area contributed by atoms with Gasteiger partial charge in [0.05, 0.1) is 0 Å². The predicted molar refractivity (Wildman–Crippen MR) is 77.4 cm³/mol. The zero-order valence-corrected chi connectivity index (χ0v) is 10.8. The maximum Gasteiger partial charge on any atom is 0.0267 e. The van der Waals surface area contributed by atoms with E-state index in [1.54, 1.807) is 12.4 Å². The number of pyridine rings is 1. The van der Waals surface area contributed by atoms with Crippen LogP contribution in [-0.2, 0) is 0 Å². The molecule has 96 valence electrons. The molecule has 1 aromatic heterocycles. The number of benzene rings is 1. The smallest absolute Gasteiger partial charge is 0.0267 e. The van der Waals surface area contributed by atoms with Crippen molar-refractivity contribution in [1.82, 2.24) is 10.3 Å². The zero-order valence-electron chi connectivity index (χ0n) is 10.8. The van der Waals surface area contributed by atoms with Crippen molar-refractivity contribution in [1.29, 1.82) is 0 Å². The number of nitrogens with zero attached hydrogens (tertiary/aromatic N) is 1. The summed E-state index contributed by atoms with van der Waals surface area (Å²) < 4.78 is 0. The minimum atomic E-state index is 1.25. The van der Waals surface area contributed by atoms with Crippen LogP contribution < -0.4 is 5.32 Å². The van der Waals surface area contributed by atoms with Gasteiger partial charge in [-0.15, -0.1) is 0 Å². The van der Waals surface area contributed by atoms with E-state index in [2.05, 4.69) is 10.3 Å². The minimum absolute atomic E-state index is 1.25. The van der Waals surface area contributed by atoms with Crippen LogP contribution in [0.3, 0.4) is 0 Å². The summed E-state index contributed by atoms with van der Waals surface area (Å²) in [5.41, 5.74) is 0. The third-order valence-corrected chi connectivity index (χ3v) is 2.44. The molecule has 3 rings (SSSR count). The Morgan fingerprint density at radius 2 is 1.00 bits per heavy atom. The number of hydrogen-bond donors (Lipinski definition) is 1. The average molecular weight is 242 g/mol. The molecule has 1 aliphatic rings. The van der Waals surface area contributed by atoms with Crippen molar-refractivity contribution in [2.24, 2.45) is 0 Å². The Bertz CT molecular complexity index is 248. The van der Waals surface area contributed by atoms with Crippen molar-refractivity contribution < 1.29 is 0 Å². The fourth-order valence-corrected chi connectivity index (χ4v) is 1.50. The number of nitrogens with one attached hydrogen (secondary N) is 1. The summed E-state index contributed by atoms with van der Waals surface area (Å²) in [5.74, 6) is 0. The second-order valence-corrected chi connectivity index (χ2v) is 3.99. The molecular weight excluding hydrogens is 220 g/mol. The van der Waals surface area contributed by atoms with Crippen LogP contribution in [-0.4, -0.2) is 18.1 Å². The van der Waals surface area contributed by atoms with Gasteiger partial charge in [0, 0.05) is 12.4 Å². The quantitative estimate of drug-likeness (QED) is 0.764. The fraction of sp³-hybridized carbons (Fsp3) is 0.312. The molecular formula is C16H22N2. The predicted octanol–water partition coefficient (Wildman–Crippen LogP) is 3.53. The lowest BCUT2D eigenvalue weighted by Crippen LogP contribution is -2.21. The molecule has 0 aliphatic carbocycles. The van der Waals surface area contributed by atoms with Crippen LogP contribution in [0.1, 0.15) is 19.3 Å². The molecule has 0 spiro atoms. The van der Waals surface area contributed by atoms with Crippen molar-refractivity contribution in [2.75, 3.05) is 13.1 Å².